The largest absolute Gasteiger partial charge is 0.339 e. The van der Waals surface area contributed by atoms with Gasteiger partial charge >= 0.3 is 0 Å². The standard InChI is InChI=1S/C18H28N2O3S/c1-4-19-13-15-9-11-20(12-10-15)18(21)16-7-5-6-8-17(16)24(22,23)14(2)3/h5-8,14-15,19H,4,9-13H2,1-3H3. The van der Waals surface area contributed by atoms with E-state index in [1.54, 1.807) is 43.0 Å². The van der Waals surface area contributed by atoms with Crippen molar-refractivity contribution in [1.29, 1.82) is 0 Å². The zero-order valence-corrected chi connectivity index (χ0v) is 15.6. The molecule has 24 heavy (non-hydrogen) atoms. The highest BCUT2D eigenvalue weighted by molar-refractivity contribution is 7.92. The third-order valence-corrected chi connectivity index (χ3v) is 6.84. The molecule has 1 amide bonds. The van der Waals surface area contributed by atoms with Gasteiger partial charge in [-0.25, -0.2) is 8.42 Å². The molecule has 1 fully saturated rings. The number of piperidine rings is 1. The van der Waals surface area contributed by atoms with Crippen molar-refractivity contribution in [2.24, 2.45) is 5.92 Å². The number of amides is 1. The van der Waals surface area contributed by atoms with E-state index < -0.39 is 15.1 Å². The average Bonchev–Trinajstić information content (AvgIpc) is 2.59. The molecule has 0 spiro atoms. The van der Waals surface area contributed by atoms with E-state index in [0.29, 0.717) is 24.6 Å². The maximum absolute atomic E-state index is 12.9. The number of hydrogen-bond donors (Lipinski definition) is 1. The van der Waals surface area contributed by atoms with Crippen LogP contribution in [0.5, 0.6) is 0 Å². The Bertz CT molecular complexity index is 663. The van der Waals surface area contributed by atoms with Gasteiger partial charge in [-0.15, -0.1) is 0 Å². The van der Waals surface area contributed by atoms with Crippen LogP contribution in [0.25, 0.3) is 0 Å². The van der Waals surface area contributed by atoms with Gasteiger partial charge in [0.2, 0.25) is 0 Å². The zero-order valence-electron chi connectivity index (χ0n) is 14.8. The van der Waals surface area contributed by atoms with Gasteiger partial charge in [0.15, 0.2) is 9.84 Å². The van der Waals surface area contributed by atoms with Crippen LogP contribution in [-0.2, 0) is 9.84 Å². The van der Waals surface area contributed by atoms with Gasteiger partial charge in [0.1, 0.15) is 0 Å². The number of rotatable bonds is 6. The van der Waals surface area contributed by atoms with E-state index in [0.717, 1.165) is 25.9 Å². The van der Waals surface area contributed by atoms with E-state index in [-0.39, 0.29) is 10.8 Å². The summed E-state index contributed by atoms with van der Waals surface area (Å²) in [6.45, 7) is 8.68. The third kappa shape index (κ3) is 4.16. The summed E-state index contributed by atoms with van der Waals surface area (Å²) in [6.07, 6.45) is 1.91. The SMILES string of the molecule is CCNCC1CCN(C(=O)c2ccccc2S(=O)(=O)C(C)C)CC1. The van der Waals surface area contributed by atoms with Crippen molar-refractivity contribution >= 4 is 15.7 Å². The van der Waals surface area contributed by atoms with Crippen molar-refractivity contribution in [1.82, 2.24) is 10.2 Å². The minimum Gasteiger partial charge on any atom is -0.339 e. The van der Waals surface area contributed by atoms with E-state index >= 15 is 0 Å². The van der Waals surface area contributed by atoms with Crippen LogP contribution in [0.1, 0.15) is 44.0 Å². The summed E-state index contributed by atoms with van der Waals surface area (Å²) in [6, 6.07) is 6.57. The molecule has 1 aromatic carbocycles. The topological polar surface area (TPSA) is 66.5 Å². The van der Waals surface area contributed by atoms with E-state index in [4.69, 9.17) is 0 Å². The van der Waals surface area contributed by atoms with Crippen LogP contribution < -0.4 is 5.32 Å². The fourth-order valence-corrected chi connectivity index (χ4v) is 4.24. The molecule has 0 atom stereocenters. The summed E-state index contributed by atoms with van der Waals surface area (Å²) >= 11 is 0. The quantitative estimate of drug-likeness (QED) is 0.853. The van der Waals surface area contributed by atoms with Crippen LogP contribution in [0.4, 0.5) is 0 Å². The average molecular weight is 353 g/mol. The molecule has 0 saturated carbocycles. The van der Waals surface area contributed by atoms with E-state index in [1.807, 2.05) is 0 Å². The van der Waals surface area contributed by atoms with Gasteiger partial charge in [-0.2, -0.15) is 0 Å². The Balaban J connectivity index is 2.15. The molecule has 0 radical (unpaired) electrons. The maximum Gasteiger partial charge on any atom is 0.255 e. The summed E-state index contributed by atoms with van der Waals surface area (Å²) in [5.74, 6) is 0.417. The number of hydrogen-bond acceptors (Lipinski definition) is 4. The summed E-state index contributed by atoms with van der Waals surface area (Å²) in [4.78, 5) is 14.8. The molecule has 1 N–H and O–H groups in total. The van der Waals surface area contributed by atoms with Gasteiger partial charge in [-0.3, -0.25) is 4.79 Å². The molecule has 134 valence electrons. The van der Waals surface area contributed by atoms with E-state index in [1.165, 1.54) is 0 Å². The van der Waals surface area contributed by atoms with Crippen LogP contribution in [-0.4, -0.2) is 50.7 Å². The lowest BCUT2D eigenvalue weighted by molar-refractivity contribution is 0.0686. The first-order chi connectivity index (χ1) is 11.4. The minimum absolute atomic E-state index is 0.153. The lowest BCUT2D eigenvalue weighted by atomic mass is 9.96. The molecular formula is C18H28N2O3S. The van der Waals surface area contributed by atoms with Crippen molar-refractivity contribution in [3.05, 3.63) is 29.8 Å². The number of benzene rings is 1. The van der Waals surface area contributed by atoms with Gasteiger partial charge in [-0.1, -0.05) is 19.1 Å². The van der Waals surface area contributed by atoms with E-state index in [2.05, 4.69) is 12.2 Å². The number of likely N-dealkylation sites (tertiary alicyclic amines) is 1. The molecule has 0 aliphatic carbocycles. The van der Waals surface area contributed by atoms with Gasteiger partial charge in [0, 0.05) is 13.1 Å². The van der Waals surface area contributed by atoms with Crippen LogP contribution in [0, 0.1) is 5.92 Å². The minimum atomic E-state index is -3.47. The van der Waals surface area contributed by atoms with E-state index in [9.17, 15) is 13.2 Å². The van der Waals surface area contributed by atoms with Crippen molar-refractivity contribution < 1.29 is 13.2 Å². The predicted octanol–water partition coefficient (Wildman–Crippen LogP) is 2.33. The maximum atomic E-state index is 12.9. The summed E-state index contributed by atoms with van der Waals surface area (Å²) in [5, 5.41) is 2.81. The van der Waals surface area contributed by atoms with Gasteiger partial charge in [0.25, 0.3) is 5.91 Å². The van der Waals surface area contributed by atoms with Crippen LogP contribution in [0.3, 0.4) is 0 Å². The second kappa shape index (κ2) is 8.12. The van der Waals surface area contributed by atoms with Gasteiger partial charge in [0.05, 0.1) is 15.7 Å². The van der Waals surface area contributed by atoms with Crippen molar-refractivity contribution in [2.45, 2.75) is 43.8 Å². The second-order valence-electron chi connectivity index (χ2n) is 6.63. The Labute approximate surface area is 145 Å². The first kappa shape index (κ1) is 18.9. The summed E-state index contributed by atoms with van der Waals surface area (Å²) in [5.41, 5.74) is 0.302. The Morgan fingerprint density at radius 3 is 2.46 bits per heavy atom. The summed E-state index contributed by atoms with van der Waals surface area (Å²) in [7, 11) is -3.47. The van der Waals surface area contributed by atoms with Crippen LogP contribution in [0.2, 0.25) is 0 Å². The predicted molar refractivity (Wildman–Crippen MR) is 95.9 cm³/mol. The van der Waals surface area contributed by atoms with Crippen molar-refractivity contribution in [3.63, 3.8) is 0 Å². The molecule has 2 rings (SSSR count). The molecule has 1 aliphatic heterocycles. The normalized spacial score (nSPS) is 16.6. The molecule has 0 aromatic heterocycles. The lowest BCUT2D eigenvalue weighted by Crippen LogP contribution is -2.41. The molecule has 1 aliphatic rings. The molecule has 1 aromatic rings. The first-order valence-electron chi connectivity index (χ1n) is 8.70. The molecular weight excluding hydrogens is 324 g/mol. The van der Waals surface area contributed by atoms with Gasteiger partial charge in [-0.05, 0) is 57.8 Å². The first-order valence-corrected chi connectivity index (χ1v) is 10.3. The fraction of sp³-hybridized carbons (Fsp3) is 0.611. The Hall–Kier alpha value is -1.40. The fourth-order valence-electron chi connectivity index (χ4n) is 3.00. The highest BCUT2D eigenvalue weighted by Crippen LogP contribution is 2.24. The second-order valence-corrected chi connectivity index (χ2v) is 9.11. The molecule has 5 nitrogen and oxygen atoms in total. The Morgan fingerprint density at radius 1 is 1.25 bits per heavy atom. The van der Waals surface area contributed by atoms with Crippen LogP contribution in [0.15, 0.2) is 29.2 Å². The Morgan fingerprint density at radius 2 is 1.88 bits per heavy atom. The zero-order chi connectivity index (χ0) is 17.7. The highest BCUT2D eigenvalue weighted by atomic mass is 32.2. The molecule has 0 unspecified atom stereocenters. The number of nitrogens with zero attached hydrogens (tertiary/aromatic N) is 1. The number of nitrogens with one attached hydrogen (secondary N) is 1. The smallest absolute Gasteiger partial charge is 0.255 e. The summed E-state index contributed by atoms with van der Waals surface area (Å²) < 4.78 is 25.1. The van der Waals surface area contributed by atoms with Crippen molar-refractivity contribution in [2.75, 3.05) is 26.2 Å². The monoisotopic (exact) mass is 352 g/mol. The number of sulfone groups is 1. The van der Waals surface area contributed by atoms with Gasteiger partial charge < -0.3 is 10.2 Å². The number of carbonyl (C=O) groups excluding carboxylic acids is 1. The molecule has 0 bridgehead atoms. The third-order valence-electron chi connectivity index (χ3n) is 4.63. The molecule has 6 heteroatoms. The van der Waals surface area contributed by atoms with Crippen LogP contribution >= 0.6 is 0 Å². The van der Waals surface area contributed by atoms with Crippen molar-refractivity contribution in [3.8, 4) is 0 Å². The molecule has 1 heterocycles. The lowest BCUT2D eigenvalue weighted by Gasteiger charge is -2.32. The Kier molecular flexibility index (Phi) is 6.40. The molecule has 1 saturated heterocycles. The number of carbonyl (C=O) groups is 1. The highest BCUT2D eigenvalue weighted by Gasteiger charge is 2.29.